The Kier molecular flexibility index (Phi) is 4.09. The molecule has 0 radical (unpaired) electrons. The normalized spacial score (nSPS) is 13.0. The molecule has 0 saturated carbocycles. The number of hydrogen-bond donors (Lipinski definition) is 1. The van der Waals surface area contributed by atoms with Gasteiger partial charge in [0.15, 0.2) is 0 Å². The minimum absolute atomic E-state index is 0.267. The summed E-state index contributed by atoms with van der Waals surface area (Å²) in [5.41, 5.74) is 2.72. The van der Waals surface area contributed by atoms with Crippen molar-refractivity contribution < 1.29 is 0 Å². The zero-order chi connectivity index (χ0) is 14.8. The van der Waals surface area contributed by atoms with Crippen LogP contribution in [0.1, 0.15) is 41.8 Å². The molecule has 0 fully saturated rings. The Morgan fingerprint density at radius 1 is 0.905 bits per heavy atom. The number of fused-ring (bicyclic) bond motifs is 1. The summed E-state index contributed by atoms with van der Waals surface area (Å²) in [4.78, 5) is 1.37. The first kappa shape index (κ1) is 14.3. The van der Waals surface area contributed by atoms with E-state index in [0.717, 1.165) is 0 Å². The van der Waals surface area contributed by atoms with Crippen LogP contribution in [0.2, 0.25) is 0 Å². The lowest BCUT2D eigenvalue weighted by Crippen LogP contribution is -2.16. The molecular weight excluding hydrogens is 274 g/mol. The highest BCUT2D eigenvalue weighted by molar-refractivity contribution is 7.19. The zero-order valence-corrected chi connectivity index (χ0v) is 13.6. The van der Waals surface area contributed by atoms with Gasteiger partial charge in [0.25, 0.3) is 0 Å². The maximum Gasteiger partial charge on any atom is 0.0669 e. The first-order valence-electron chi connectivity index (χ1n) is 7.44. The summed E-state index contributed by atoms with van der Waals surface area (Å²) in [5, 5.41) is 4.78. The van der Waals surface area contributed by atoms with E-state index in [2.05, 4.69) is 73.8 Å². The topological polar surface area (TPSA) is 12.0 Å². The standard InChI is InChI=1S/C19H21NS/c1-13(2)14-8-10-15(11-9-14)19(20-3)18-12-16-6-4-5-7-17(16)21-18/h4-13,19-20H,1-3H3. The fraction of sp³-hybridized carbons (Fsp3) is 0.263. The molecule has 3 rings (SSSR count). The largest absolute Gasteiger partial charge is 0.309 e. The molecule has 0 bridgehead atoms. The van der Waals surface area contributed by atoms with Crippen LogP contribution in [0, 0.1) is 0 Å². The van der Waals surface area contributed by atoms with Crippen LogP contribution in [0.5, 0.6) is 0 Å². The molecule has 108 valence electrons. The number of rotatable bonds is 4. The van der Waals surface area contributed by atoms with Gasteiger partial charge in [-0.2, -0.15) is 0 Å². The zero-order valence-electron chi connectivity index (χ0n) is 12.8. The third-order valence-electron chi connectivity index (χ3n) is 3.95. The molecule has 1 N–H and O–H groups in total. The average molecular weight is 295 g/mol. The van der Waals surface area contributed by atoms with Crippen LogP contribution in [-0.4, -0.2) is 7.05 Å². The van der Waals surface area contributed by atoms with Gasteiger partial charge in [0.05, 0.1) is 6.04 Å². The first-order valence-corrected chi connectivity index (χ1v) is 8.26. The molecule has 1 atom stereocenters. The quantitative estimate of drug-likeness (QED) is 0.685. The molecular formula is C19H21NS. The van der Waals surface area contributed by atoms with Crippen LogP contribution >= 0.6 is 11.3 Å². The van der Waals surface area contributed by atoms with Crippen LogP contribution in [0.3, 0.4) is 0 Å². The first-order chi connectivity index (χ1) is 10.2. The van der Waals surface area contributed by atoms with E-state index in [-0.39, 0.29) is 6.04 Å². The van der Waals surface area contributed by atoms with E-state index in [1.165, 1.54) is 26.1 Å². The molecule has 1 nitrogen and oxygen atoms in total. The smallest absolute Gasteiger partial charge is 0.0669 e. The predicted octanol–water partition coefficient (Wildman–Crippen LogP) is 5.33. The number of benzene rings is 2. The molecule has 0 saturated heterocycles. The van der Waals surface area contributed by atoms with Gasteiger partial charge in [-0.15, -0.1) is 11.3 Å². The second-order valence-corrected chi connectivity index (χ2v) is 6.85. The minimum atomic E-state index is 0.267. The monoisotopic (exact) mass is 295 g/mol. The molecule has 0 aliphatic rings. The Balaban J connectivity index is 1.97. The van der Waals surface area contributed by atoms with E-state index in [9.17, 15) is 0 Å². The van der Waals surface area contributed by atoms with Crippen molar-refractivity contribution in [2.75, 3.05) is 7.05 Å². The van der Waals surface area contributed by atoms with Crippen molar-refractivity contribution in [2.24, 2.45) is 0 Å². The van der Waals surface area contributed by atoms with E-state index in [1.54, 1.807) is 0 Å². The van der Waals surface area contributed by atoms with Crippen molar-refractivity contribution >= 4 is 21.4 Å². The van der Waals surface area contributed by atoms with E-state index >= 15 is 0 Å². The highest BCUT2D eigenvalue weighted by Crippen LogP contribution is 2.33. The van der Waals surface area contributed by atoms with Crippen LogP contribution in [0.4, 0.5) is 0 Å². The highest BCUT2D eigenvalue weighted by atomic mass is 32.1. The van der Waals surface area contributed by atoms with Crippen LogP contribution in [0.15, 0.2) is 54.6 Å². The Bertz CT molecular complexity index is 692. The molecule has 3 aromatic rings. The van der Waals surface area contributed by atoms with Crippen LogP contribution < -0.4 is 5.32 Å². The molecule has 2 aromatic carbocycles. The van der Waals surface area contributed by atoms with E-state index in [4.69, 9.17) is 0 Å². The summed E-state index contributed by atoms with van der Waals surface area (Å²) in [7, 11) is 2.03. The molecule has 1 heterocycles. The summed E-state index contributed by atoms with van der Waals surface area (Å²) in [6.07, 6.45) is 0. The van der Waals surface area contributed by atoms with Crippen molar-refractivity contribution in [3.8, 4) is 0 Å². The Labute approximate surface area is 130 Å². The predicted molar refractivity (Wildman–Crippen MR) is 93.3 cm³/mol. The van der Waals surface area contributed by atoms with Crippen molar-refractivity contribution in [1.82, 2.24) is 5.32 Å². The molecule has 1 aromatic heterocycles. The van der Waals surface area contributed by atoms with E-state index in [1.807, 2.05) is 18.4 Å². The molecule has 1 unspecified atom stereocenters. The summed E-state index contributed by atoms with van der Waals surface area (Å²) in [6, 6.07) is 20.2. The van der Waals surface area contributed by atoms with Crippen molar-refractivity contribution in [1.29, 1.82) is 0 Å². The van der Waals surface area contributed by atoms with Crippen LogP contribution in [-0.2, 0) is 0 Å². The van der Waals surface area contributed by atoms with Gasteiger partial charge in [0.1, 0.15) is 0 Å². The van der Waals surface area contributed by atoms with E-state index < -0.39 is 0 Å². The number of nitrogens with one attached hydrogen (secondary N) is 1. The van der Waals surface area contributed by atoms with Gasteiger partial charge in [-0.05, 0) is 41.6 Å². The van der Waals surface area contributed by atoms with Gasteiger partial charge in [-0.1, -0.05) is 56.3 Å². The third-order valence-corrected chi connectivity index (χ3v) is 5.14. The Morgan fingerprint density at radius 2 is 1.57 bits per heavy atom. The Hall–Kier alpha value is -1.64. The van der Waals surface area contributed by atoms with Crippen LogP contribution in [0.25, 0.3) is 10.1 Å². The second kappa shape index (κ2) is 6.00. The lowest BCUT2D eigenvalue weighted by Gasteiger charge is -2.16. The molecule has 0 aliphatic carbocycles. The molecule has 2 heteroatoms. The Morgan fingerprint density at radius 3 is 2.19 bits per heavy atom. The molecule has 0 amide bonds. The molecule has 21 heavy (non-hydrogen) atoms. The number of hydrogen-bond acceptors (Lipinski definition) is 2. The third kappa shape index (κ3) is 2.87. The summed E-state index contributed by atoms with van der Waals surface area (Å²) in [5.74, 6) is 0.580. The average Bonchev–Trinajstić information content (AvgIpc) is 2.92. The summed E-state index contributed by atoms with van der Waals surface area (Å²) < 4.78 is 1.35. The van der Waals surface area contributed by atoms with Gasteiger partial charge < -0.3 is 5.32 Å². The maximum atomic E-state index is 3.45. The second-order valence-electron chi connectivity index (χ2n) is 5.73. The van der Waals surface area contributed by atoms with Gasteiger partial charge >= 0.3 is 0 Å². The van der Waals surface area contributed by atoms with Gasteiger partial charge in [-0.25, -0.2) is 0 Å². The summed E-state index contributed by atoms with van der Waals surface area (Å²) in [6.45, 7) is 4.47. The fourth-order valence-electron chi connectivity index (χ4n) is 2.69. The summed E-state index contributed by atoms with van der Waals surface area (Å²) >= 11 is 1.87. The lowest BCUT2D eigenvalue weighted by atomic mass is 9.98. The van der Waals surface area contributed by atoms with E-state index in [0.29, 0.717) is 5.92 Å². The van der Waals surface area contributed by atoms with Gasteiger partial charge in [-0.3, -0.25) is 0 Å². The fourth-order valence-corrected chi connectivity index (χ4v) is 3.89. The highest BCUT2D eigenvalue weighted by Gasteiger charge is 2.15. The SMILES string of the molecule is CNC(c1ccc(C(C)C)cc1)c1cc2ccccc2s1. The van der Waals surface area contributed by atoms with Crippen molar-refractivity contribution in [2.45, 2.75) is 25.8 Å². The molecule has 0 spiro atoms. The maximum absolute atomic E-state index is 3.45. The van der Waals surface area contributed by atoms with Gasteiger partial charge in [0, 0.05) is 9.58 Å². The lowest BCUT2D eigenvalue weighted by molar-refractivity contribution is 0.703. The van der Waals surface area contributed by atoms with Crippen molar-refractivity contribution in [3.05, 3.63) is 70.6 Å². The molecule has 0 aliphatic heterocycles. The number of thiophene rings is 1. The minimum Gasteiger partial charge on any atom is -0.309 e. The van der Waals surface area contributed by atoms with Crippen molar-refractivity contribution in [3.63, 3.8) is 0 Å². The van der Waals surface area contributed by atoms with Gasteiger partial charge in [0.2, 0.25) is 0 Å².